The molecule has 0 aliphatic heterocycles. The van der Waals surface area contributed by atoms with Crippen LogP contribution in [0.2, 0.25) is 0 Å². The lowest BCUT2D eigenvalue weighted by atomic mass is 9.78. The molecular weight excluding hydrogens is 226 g/mol. The van der Waals surface area contributed by atoms with Crippen molar-refractivity contribution in [2.45, 2.75) is 52.9 Å². The van der Waals surface area contributed by atoms with Crippen LogP contribution in [-0.2, 0) is 0 Å². The summed E-state index contributed by atoms with van der Waals surface area (Å²) in [6, 6.07) is 0. The van der Waals surface area contributed by atoms with Crippen LogP contribution in [0.15, 0.2) is 0 Å². The first kappa shape index (κ1) is 15.4. The van der Waals surface area contributed by atoms with Crippen LogP contribution >= 0.6 is 11.8 Å². The minimum absolute atomic E-state index is 0.785. The second kappa shape index (κ2) is 9.27. The highest BCUT2D eigenvalue weighted by Gasteiger charge is 2.24. The molecule has 2 heteroatoms. The molecule has 1 aliphatic carbocycles. The van der Waals surface area contributed by atoms with Gasteiger partial charge in [-0.05, 0) is 55.2 Å². The first-order valence-corrected chi connectivity index (χ1v) is 8.68. The van der Waals surface area contributed by atoms with Crippen molar-refractivity contribution in [2.24, 2.45) is 17.8 Å². The Labute approximate surface area is 113 Å². The molecule has 1 aliphatic rings. The van der Waals surface area contributed by atoms with Gasteiger partial charge in [-0.3, -0.25) is 0 Å². The van der Waals surface area contributed by atoms with E-state index in [0.29, 0.717) is 0 Å². The Balaban J connectivity index is 2.22. The molecule has 0 aromatic heterocycles. The topological polar surface area (TPSA) is 12.0 Å². The minimum atomic E-state index is 0.785. The van der Waals surface area contributed by atoms with Gasteiger partial charge in [0.1, 0.15) is 0 Å². The highest BCUT2D eigenvalue weighted by molar-refractivity contribution is 7.99. The van der Waals surface area contributed by atoms with Crippen LogP contribution in [0.4, 0.5) is 0 Å². The lowest BCUT2D eigenvalue weighted by Crippen LogP contribution is -2.32. The molecule has 102 valence electrons. The number of rotatable bonds is 8. The summed E-state index contributed by atoms with van der Waals surface area (Å²) in [5.74, 6) is 5.40. The fourth-order valence-electron chi connectivity index (χ4n) is 2.87. The fraction of sp³-hybridized carbons (Fsp3) is 1.00. The number of nitrogens with one attached hydrogen (secondary N) is 1. The first-order chi connectivity index (χ1) is 8.24. The van der Waals surface area contributed by atoms with E-state index in [-0.39, 0.29) is 0 Å². The van der Waals surface area contributed by atoms with E-state index in [1.165, 1.54) is 56.7 Å². The summed E-state index contributed by atoms with van der Waals surface area (Å²) < 4.78 is 0. The lowest BCUT2D eigenvalue weighted by molar-refractivity contribution is 0.223. The quantitative estimate of drug-likeness (QED) is 0.655. The molecule has 1 rings (SSSR count). The minimum Gasteiger partial charge on any atom is -0.316 e. The van der Waals surface area contributed by atoms with E-state index in [1.54, 1.807) is 0 Å². The van der Waals surface area contributed by atoms with Gasteiger partial charge in [0, 0.05) is 0 Å². The van der Waals surface area contributed by atoms with Gasteiger partial charge < -0.3 is 5.32 Å². The van der Waals surface area contributed by atoms with E-state index < -0.39 is 0 Å². The van der Waals surface area contributed by atoms with Gasteiger partial charge in [-0.15, -0.1) is 0 Å². The van der Waals surface area contributed by atoms with Crippen LogP contribution in [0.1, 0.15) is 52.9 Å². The van der Waals surface area contributed by atoms with Crippen LogP contribution < -0.4 is 5.32 Å². The molecule has 0 aromatic rings. The van der Waals surface area contributed by atoms with Crippen molar-refractivity contribution in [1.29, 1.82) is 0 Å². The molecule has 1 fully saturated rings. The van der Waals surface area contributed by atoms with Crippen LogP contribution in [0, 0.1) is 17.8 Å². The Bertz CT molecular complexity index is 182. The van der Waals surface area contributed by atoms with Gasteiger partial charge in [-0.25, -0.2) is 0 Å². The molecule has 2 atom stereocenters. The predicted octanol–water partition coefficient (Wildman–Crippen LogP) is 4.18. The standard InChI is InChI=1S/C15H31NS/c1-4-17-10-9-14-7-5-6-8-15(14)12-16-11-13(2)3/h13-16H,4-12H2,1-3H3. The SMILES string of the molecule is CCSCCC1CCCCC1CNCC(C)C. The molecule has 17 heavy (non-hydrogen) atoms. The Kier molecular flexibility index (Phi) is 8.38. The molecule has 0 saturated heterocycles. The van der Waals surface area contributed by atoms with E-state index in [2.05, 4.69) is 37.8 Å². The van der Waals surface area contributed by atoms with Gasteiger partial charge in [0.15, 0.2) is 0 Å². The zero-order valence-electron chi connectivity index (χ0n) is 12.0. The van der Waals surface area contributed by atoms with Crippen molar-refractivity contribution >= 4 is 11.8 Å². The average molecular weight is 257 g/mol. The van der Waals surface area contributed by atoms with Crippen molar-refractivity contribution in [3.8, 4) is 0 Å². The van der Waals surface area contributed by atoms with Crippen LogP contribution in [-0.4, -0.2) is 24.6 Å². The second-order valence-electron chi connectivity index (χ2n) is 5.84. The Morgan fingerprint density at radius 3 is 2.53 bits per heavy atom. The Morgan fingerprint density at radius 2 is 1.88 bits per heavy atom. The largest absolute Gasteiger partial charge is 0.316 e. The van der Waals surface area contributed by atoms with Gasteiger partial charge in [0.25, 0.3) is 0 Å². The lowest BCUT2D eigenvalue weighted by Gasteiger charge is -2.32. The van der Waals surface area contributed by atoms with Crippen molar-refractivity contribution < 1.29 is 0 Å². The number of hydrogen-bond donors (Lipinski definition) is 1. The summed E-state index contributed by atoms with van der Waals surface area (Å²) >= 11 is 2.11. The monoisotopic (exact) mass is 257 g/mol. The van der Waals surface area contributed by atoms with Crippen molar-refractivity contribution in [2.75, 3.05) is 24.6 Å². The molecule has 0 spiro atoms. The first-order valence-electron chi connectivity index (χ1n) is 7.52. The third-order valence-electron chi connectivity index (χ3n) is 3.86. The van der Waals surface area contributed by atoms with Crippen molar-refractivity contribution in [3.63, 3.8) is 0 Å². The molecule has 1 N–H and O–H groups in total. The smallest absolute Gasteiger partial charge is 0.00178 e. The Morgan fingerprint density at radius 1 is 1.18 bits per heavy atom. The van der Waals surface area contributed by atoms with Crippen LogP contribution in [0.3, 0.4) is 0 Å². The molecule has 1 nitrogen and oxygen atoms in total. The van der Waals surface area contributed by atoms with Crippen LogP contribution in [0.5, 0.6) is 0 Å². The summed E-state index contributed by atoms with van der Waals surface area (Å²) in [5, 5.41) is 3.67. The fourth-order valence-corrected chi connectivity index (χ4v) is 3.63. The van der Waals surface area contributed by atoms with Gasteiger partial charge in [-0.1, -0.05) is 40.0 Å². The van der Waals surface area contributed by atoms with Crippen molar-refractivity contribution in [1.82, 2.24) is 5.32 Å². The highest BCUT2D eigenvalue weighted by Crippen LogP contribution is 2.32. The van der Waals surface area contributed by atoms with Gasteiger partial charge in [0.05, 0.1) is 0 Å². The third-order valence-corrected chi connectivity index (χ3v) is 4.80. The summed E-state index contributed by atoms with van der Waals surface area (Å²) in [4.78, 5) is 0. The summed E-state index contributed by atoms with van der Waals surface area (Å²) in [5.41, 5.74) is 0. The average Bonchev–Trinajstić information content (AvgIpc) is 2.31. The maximum absolute atomic E-state index is 3.67. The van der Waals surface area contributed by atoms with Gasteiger partial charge in [0.2, 0.25) is 0 Å². The predicted molar refractivity (Wildman–Crippen MR) is 80.8 cm³/mol. The zero-order chi connectivity index (χ0) is 12.5. The zero-order valence-corrected chi connectivity index (χ0v) is 12.8. The van der Waals surface area contributed by atoms with Gasteiger partial charge >= 0.3 is 0 Å². The van der Waals surface area contributed by atoms with Gasteiger partial charge in [-0.2, -0.15) is 11.8 Å². The van der Waals surface area contributed by atoms with Crippen LogP contribution in [0.25, 0.3) is 0 Å². The maximum Gasteiger partial charge on any atom is -0.00178 e. The highest BCUT2D eigenvalue weighted by atomic mass is 32.2. The molecule has 0 amide bonds. The van der Waals surface area contributed by atoms with E-state index in [1.807, 2.05) is 0 Å². The third kappa shape index (κ3) is 6.71. The summed E-state index contributed by atoms with van der Waals surface area (Å²) in [6.07, 6.45) is 7.34. The number of thioether (sulfide) groups is 1. The molecule has 0 aromatic carbocycles. The Hall–Kier alpha value is 0.310. The molecule has 2 unspecified atom stereocenters. The normalized spacial score (nSPS) is 25.4. The van der Waals surface area contributed by atoms with E-state index >= 15 is 0 Å². The molecule has 0 heterocycles. The summed E-state index contributed by atoms with van der Waals surface area (Å²) in [6.45, 7) is 9.31. The summed E-state index contributed by atoms with van der Waals surface area (Å²) in [7, 11) is 0. The molecule has 1 saturated carbocycles. The molecule has 0 bridgehead atoms. The van der Waals surface area contributed by atoms with E-state index in [0.717, 1.165) is 17.8 Å². The second-order valence-corrected chi connectivity index (χ2v) is 7.24. The molecular formula is C15H31NS. The van der Waals surface area contributed by atoms with E-state index in [4.69, 9.17) is 0 Å². The maximum atomic E-state index is 3.67. The molecule has 0 radical (unpaired) electrons. The van der Waals surface area contributed by atoms with E-state index in [9.17, 15) is 0 Å². The number of hydrogen-bond acceptors (Lipinski definition) is 2. The van der Waals surface area contributed by atoms with Crippen molar-refractivity contribution in [3.05, 3.63) is 0 Å².